The molecule has 0 saturated carbocycles. The first kappa shape index (κ1) is 19.9. The molecular weight excluding hydrogens is 330 g/mol. The number of nitriles is 1. The van der Waals surface area contributed by atoms with Crippen molar-refractivity contribution in [1.82, 2.24) is 9.88 Å². The monoisotopic (exact) mass is 357 g/mol. The van der Waals surface area contributed by atoms with Gasteiger partial charge in [-0.05, 0) is 64.5 Å². The molecule has 1 aromatic rings. The van der Waals surface area contributed by atoms with Crippen LogP contribution in [0.1, 0.15) is 68.9 Å². The number of likely N-dealkylation sites (tertiary alicyclic amines) is 1. The minimum absolute atomic E-state index is 0.0510. The third kappa shape index (κ3) is 6.14. The quantitative estimate of drug-likeness (QED) is 0.745. The van der Waals surface area contributed by atoms with Crippen LogP contribution in [0.2, 0.25) is 0 Å². The summed E-state index contributed by atoms with van der Waals surface area (Å²) in [5, 5.41) is 8.85. The van der Waals surface area contributed by atoms with Gasteiger partial charge in [-0.3, -0.25) is 4.79 Å². The lowest BCUT2D eigenvalue weighted by Crippen LogP contribution is -2.41. The largest absolute Gasteiger partial charge is 0.444 e. The molecule has 0 aromatic carbocycles. The Morgan fingerprint density at radius 3 is 2.65 bits per heavy atom. The molecule has 0 spiro atoms. The highest BCUT2D eigenvalue weighted by molar-refractivity contribution is 5.96. The summed E-state index contributed by atoms with van der Waals surface area (Å²) in [5.74, 6) is 0.587. The van der Waals surface area contributed by atoms with Crippen molar-refractivity contribution in [3.05, 3.63) is 29.6 Å². The number of carbonyl (C=O) groups is 2. The van der Waals surface area contributed by atoms with Gasteiger partial charge >= 0.3 is 6.09 Å². The molecule has 1 fully saturated rings. The summed E-state index contributed by atoms with van der Waals surface area (Å²) in [4.78, 5) is 29.9. The zero-order chi connectivity index (χ0) is 19.2. The first-order valence-electron chi connectivity index (χ1n) is 9.16. The summed E-state index contributed by atoms with van der Waals surface area (Å²) in [6, 6.07) is 5.15. The molecule has 0 N–H and O–H groups in total. The van der Waals surface area contributed by atoms with Crippen LogP contribution in [-0.4, -0.2) is 40.5 Å². The van der Waals surface area contributed by atoms with Gasteiger partial charge in [-0.2, -0.15) is 5.26 Å². The van der Waals surface area contributed by atoms with E-state index < -0.39 is 5.60 Å². The maximum absolute atomic E-state index is 12.2. The Labute approximate surface area is 155 Å². The number of amides is 1. The number of nitrogens with zero attached hydrogens (tertiary/aromatic N) is 3. The molecule has 26 heavy (non-hydrogen) atoms. The summed E-state index contributed by atoms with van der Waals surface area (Å²) in [6.07, 6.45) is 5.42. The van der Waals surface area contributed by atoms with Gasteiger partial charge in [0.05, 0.1) is 0 Å². The van der Waals surface area contributed by atoms with Crippen molar-refractivity contribution in [3.8, 4) is 6.07 Å². The number of ketones is 1. The van der Waals surface area contributed by atoms with E-state index in [-0.39, 0.29) is 17.6 Å². The smallest absolute Gasteiger partial charge is 0.410 e. The lowest BCUT2D eigenvalue weighted by atomic mass is 9.91. The molecule has 2 heterocycles. The Kier molecular flexibility index (Phi) is 6.73. The first-order valence-corrected chi connectivity index (χ1v) is 9.16. The van der Waals surface area contributed by atoms with Crippen LogP contribution in [-0.2, 0) is 4.74 Å². The van der Waals surface area contributed by atoms with Crippen LogP contribution in [0.3, 0.4) is 0 Å². The van der Waals surface area contributed by atoms with Crippen molar-refractivity contribution in [2.24, 2.45) is 5.92 Å². The van der Waals surface area contributed by atoms with Gasteiger partial charge in [-0.25, -0.2) is 9.78 Å². The number of piperidine rings is 1. The molecule has 1 aliphatic rings. The van der Waals surface area contributed by atoms with Crippen molar-refractivity contribution in [1.29, 1.82) is 5.26 Å². The molecule has 1 saturated heterocycles. The van der Waals surface area contributed by atoms with Crippen molar-refractivity contribution in [3.63, 3.8) is 0 Å². The summed E-state index contributed by atoms with van der Waals surface area (Å²) in [7, 11) is 0. The number of hydrogen-bond donors (Lipinski definition) is 0. The number of hydrogen-bond acceptors (Lipinski definition) is 5. The third-order valence-electron chi connectivity index (χ3n) is 4.48. The van der Waals surface area contributed by atoms with Gasteiger partial charge in [0, 0.05) is 31.3 Å². The molecule has 0 atom stereocenters. The van der Waals surface area contributed by atoms with Gasteiger partial charge in [0.1, 0.15) is 17.4 Å². The minimum atomic E-state index is -0.466. The van der Waals surface area contributed by atoms with Crippen LogP contribution in [0.4, 0.5) is 4.79 Å². The lowest BCUT2D eigenvalue weighted by molar-refractivity contribution is 0.0181. The number of Topliss-reactive ketones (excluding diaryl/α,β-unsaturated/α-hetero) is 1. The van der Waals surface area contributed by atoms with Crippen molar-refractivity contribution in [2.75, 3.05) is 13.1 Å². The molecule has 6 nitrogen and oxygen atoms in total. The van der Waals surface area contributed by atoms with E-state index >= 15 is 0 Å². The van der Waals surface area contributed by atoms with Crippen molar-refractivity contribution in [2.45, 2.75) is 58.5 Å². The lowest BCUT2D eigenvalue weighted by Gasteiger charge is -2.33. The van der Waals surface area contributed by atoms with Gasteiger partial charge in [-0.1, -0.05) is 0 Å². The SMILES string of the molecule is CC(C)(C)OC(=O)N1CCC(CCCC(=O)c2ccnc(C#N)c2)CC1. The summed E-state index contributed by atoms with van der Waals surface area (Å²) >= 11 is 0. The van der Waals surface area contributed by atoms with E-state index in [0.29, 0.717) is 31.0 Å². The van der Waals surface area contributed by atoms with Gasteiger partial charge in [0.15, 0.2) is 5.78 Å². The van der Waals surface area contributed by atoms with Crippen LogP contribution >= 0.6 is 0 Å². The Hall–Kier alpha value is -2.42. The average molecular weight is 357 g/mol. The van der Waals surface area contributed by atoms with E-state index in [1.807, 2.05) is 26.8 Å². The number of rotatable bonds is 5. The fourth-order valence-electron chi connectivity index (χ4n) is 3.09. The van der Waals surface area contributed by atoms with Gasteiger partial charge in [0.2, 0.25) is 0 Å². The molecule has 140 valence electrons. The van der Waals surface area contributed by atoms with Gasteiger partial charge in [-0.15, -0.1) is 0 Å². The van der Waals surface area contributed by atoms with Crippen molar-refractivity contribution < 1.29 is 14.3 Å². The van der Waals surface area contributed by atoms with E-state index in [4.69, 9.17) is 10.00 Å². The highest BCUT2D eigenvalue weighted by Gasteiger charge is 2.26. The molecule has 0 aliphatic carbocycles. The van der Waals surface area contributed by atoms with E-state index in [1.54, 1.807) is 17.0 Å². The second-order valence-corrected chi connectivity index (χ2v) is 7.77. The van der Waals surface area contributed by atoms with Crippen LogP contribution in [0, 0.1) is 17.2 Å². The van der Waals surface area contributed by atoms with E-state index in [2.05, 4.69) is 4.98 Å². The molecule has 1 aromatic heterocycles. The molecule has 6 heteroatoms. The summed E-state index contributed by atoms with van der Waals surface area (Å²) in [5.41, 5.74) is 0.355. The number of aromatic nitrogens is 1. The Bertz CT molecular complexity index is 680. The van der Waals surface area contributed by atoms with Crippen LogP contribution < -0.4 is 0 Å². The maximum Gasteiger partial charge on any atom is 0.410 e. The molecule has 0 unspecified atom stereocenters. The van der Waals surface area contributed by atoms with E-state index in [1.165, 1.54) is 6.20 Å². The van der Waals surface area contributed by atoms with E-state index in [9.17, 15) is 9.59 Å². The number of pyridine rings is 1. The standard InChI is InChI=1S/C20H27N3O3/c1-20(2,3)26-19(25)23-11-8-15(9-12-23)5-4-6-18(24)16-7-10-22-17(13-16)14-21/h7,10,13,15H,4-6,8-9,11-12H2,1-3H3. The van der Waals surface area contributed by atoms with Crippen LogP contribution in [0.25, 0.3) is 0 Å². The maximum atomic E-state index is 12.2. The van der Waals surface area contributed by atoms with Crippen LogP contribution in [0.15, 0.2) is 18.3 Å². The first-order chi connectivity index (χ1) is 12.3. The molecule has 1 amide bonds. The number of carbonyl (C=O) groups excluding carboxylic acids is 2. The van der Waals surface area contributed by atoms with Crippen LogP contribution in [0.5, 0.6) is 0 Å². The molecular formula is C20H27N3O3. The third-order valence-corrected chi connectivity index (χ3v) is 4.48. The molecule has 1 aliphatic heterocycles. The zero-order valence-corrected chi connectivity index (χ0v) is 15.8. The topological polar surface area (TPSA) is 83.3 Å². The summed E-state index contributed by atoms with van der Waals surface area (Å²) < 4.78 is 5.41. The van der Waals surface area contributed by atoms with E-state index in [0.717, 1.165) is 25.7 Å². The Morgan fingerprint density at radius 2 is 2.04 bits per heavy atom. The second kappa shape index (κ2) is 8.79. The fraction of sp³-hybridized carbons (Fsp3) is 0.600. The molecule has 0 bridgehead atoms. The predicted molar refractivity (Wildman–Crippen MR) is 97.7 cm³/mol. The normalized spacial score (nSPS) is 15.4. The van der Waals surface area contributed by atoms with Gasteiger partial charge in [0.25, 0.3) is 0 Å². The highest BCUT2D eigenvalue weighted by atomic mass is 16.6. The van der Waals surface area contributed by atoms with Crippen molar-refractivity contribution >= 4 is 11.9 Å². The molecule has 0 radical (unpaired) electrons. The number of ether oxygens (including phenoxy) is 1. The molecule has 2 rings (SSSR count). The highest BCUT2D eigenvalue weighted by Crippen LogP contribution is 2.24. The minimum Gasteiger partial charge on any atom is -0.444 e. The Morgan fingerprint density at radius 1 is 1.35 bits per heavy atom. The van der Waals surface area contributed by atoms with Gasteiger partial charge < -0.3 is 9.64 Å². The predicted octanol–water partition coefficient (Wildman–Crippen LogP) is 3.95. The summed E-state index contributed by atoms with van der Waals surface area (Å²) in [6.45, 7) is 7.04. The fourth-order valence-corrected chi connectivity index (χ4v) is 3.09. The average Bonchev–Trinajstić information content (AvgIpc) is 2.60. The Balaban J connectivity index is 1.71. The second-order valence-electron chi connectivity index (χ2n) is 7.77. The zero-order valence-electron chi connectivity index (χ0n) is 15.8.